The summed E-state index contributed by atoms with van der Waals surface area (Å²) in [6, 6.07) is 0. The molecule has 0 radical (unpaired) electrons. The summed E-state index contributed by atoms with van der Waals surface area (Å²) in [5.74, 6) is 0. The normalized spacial score (nSPS) is 13.1. The van der Waals surface area contributed by atoms with Gasteiger partial charge in [0, 0.05) is 13.7 Å². The van der Waals surface area contributed by atoms with Gasteiger partial charge in [0.25, 0.3) is 0 Å². The van der Waals surface area contributed by atoms with Gasteiger partial charge >= 0.3 is 0 Å². The van der Waals surface area contributed by atoms with E-state index in [9.17, 15) is 0 Å². The molecule has 0 aliphatic carbocycles. The number of hydrogen-bond acceptors (Lipinski definition) is 4. The Kier molecular flexibility index (Phi) is 10.8. The van der Waals surface area contributed by atoms with Crippen LogP contribution >= 0.6 is 0 Å². The van der Waals surface area contributed by atoms with Crippen LogP contribution in [0.15, 0.2) is 0 Å². The van der Waals surface area contributed by atoms with E-state index in [0.29, 0.717) is 26.4 Å². The summed E-state index contributed by atoms with van der Waals surface area (Å²) in [4.78, 5) is 0. The van der Waals surface area contributed by atoms with Crippen molar-refractivity contribution in [1.82, 2.24) is 0 Å². The van der Waals surface area contributed by atoms with E-state index < -0.39 is 0 Å². The Hall–Kier alpha value is -0.160. The van der Waals surface area contributed by atoms with Gasteiger partial charge in [0.05, 0.1) is 26.4 Å². The fraction of sp³-hybridized carbons (Fsp3) is 1.00. The van der Waals surface area contributed by atoms with Gasteiger partial charge in [0.15, 0.2) is 6.29 Å². The topological polar surface area (TPSA) is 36.9 Å². The highest BCUT2D eigenvalue weighted by Crippen LogP contribution is 1.90. The van der Waals surface area contributed by atoms with Crippen LogP contribution in [0.2, 0.25) is 0 Å². The summed E-state index contributed by atoms with van der Waals surface area (Å²) in [5, 5.41) is 0. The molecule has 14 heavy (non-hydrogen) atoms. The van der Waals surface area contributed by atoms with Gasteiger partial charge in [0.1, 0.15) is 0 Å². The lowest BCUT2D eigenvalue weighted by Gasteiger charge is -2.10. The number of ether oxygens (including phenoxy) is 4. The quantitative estimate of drug-likeness (QED) is 0.400. The second-order valence-corrected chi connectivity index (χ2v) is 2.90. The van der Waals surface area contributed by atoms with Crippen molar-refractivity contribution in [2.75, 3.05) is 40.1 Å². The molecule has 4 heteroatoms. The Morgan fingerprint density at radius 3 is 2.07 bits per heavy atom. The maximum Gasteiger partial charge on any atom is 0.154 e. The zero-order chi connectivity index (χ0) is 10.6. The minimum atomic E-state index is -0.157. The zero-order valence-electron chi connectivity index (χ0n) is 9.45. The largest absolute Gasteiger partial charge is 0.379 e. The minimum Gasteiger partial charge on any atom is -0.379 e. The monoisotopic (exact) mass is 206 g/mol. The Morgan fingerprint density at radius 1 is 0.929 bits per heavy atom. The van der Waals surface area contributed by atoms with Crippen molar-refractivity contribution in [3.8, 4) is 0 Å². The molecule has 86 valence electrons. The Labute approximate surface area is 86.5 Å². The van der Waals surface area contributed by atoms with Crippen molar-refractivity contribution in [1.29, 1.82) is 0 Å². The number of rotatable bonds is 10. The van der Waals surface area contributed by atoms with Crippen LogP contribution in [-0.2, 0) is 18.9 Å². The van der Waals surface area contributed by atoms with Crippen LogP contribution in [0.4, 0.5) is 0 Å². The predicted molar refractivity (Wildman–Crippen MR) is 54.4 cm³/mol. The van der Waals surface area contributed by atoms with Gasteiger partial charge in [-0.25, -0.2) is 0 Å². The highest BCUT2D eigenvalue weighted by molar-refractivity contribution is 4.34. The first-order valence-electron chi connectivity index (χ1n) is 5.11. The van der Waals surface area contributed by atoms with Crippen LogP contribution in [0, 0.1) is 0 Å². The van der Waals surface area contributed by atoms with Crippen LogP contribution in [0.1, 0.15) is 20.3 Å². The second-order valence-electron chi connectivity index (χ2n) is 2.90. The second kappa shape index (κ2) is 10.9. The number of hydrogen-bond donors (Lipinski definition) is 0. The van der Waals surface area contributed by atoms with E-state index in [2.05, 4.69) is 6.92 Å². The van der Waals surface area contributed by atoms with Crippen LogP contribution in [0.3, 0.4) is 0 Å². The van der Waals surface area contributed by atoms with E-state index in [1.54, 1.807) is 7.11 Å². The molecule has 0 saturated heterocycles. The van der Waals surface area contributed by atoms with Crippen LogP contribution < -0.4 is 0 Å². The molecule has 0 spiro atoms. The first-order chi connectivity index (χ1) is 6.81. The van der Waals surface area contributed by atoms with E-state index in [4.69, 9.17) is 18.9 Å². The van der Waals surface area contributed by atoms with Gasteiger partial charge in [-0.2, -0.15) is 0 Å². The van der Waals surface area contributed by atoms with Gasteiger partial charge in [0.2, 0.25) is 0 Å². The number of methoxy groups -OCH3 is 1. The smallest absolute Gasteiger partial charge is 0.154 e. The Balaban J connectivity index is 2.92. The molecular weight excluding hydrogens is 184 g/mol. The minimum absolute atomic E-state index is 0.157. The molecule has 0 bridgehead atoms. The van der Waals surface area contributed by atoms with E-state index >= 15 is 0 Å². The summed E-state index contributed by atoms with van der Waals surface area (Å²) in [5.41, 5.74) is 0. The molecule has 0 aromatic carbocycles. The van der Waals surface area contributed by atoms with Crippen molar-refractivity contribution in [2.45, 2.75) is 26.6 Å². The Morgan fingerprint density at radius 2 is 1.50 bits per heavy atom. The van der Waals surface area contributed by atoms with Crippen molar-refractivity contribution in [3.05, 3.63) is 0 Å². The van der Waals surface area contributed by atoms with Crippen molar-refractivity contribution < 1.29 is 18.9 Å². The van der Waals surface area contributed by atoms with Gasteiger partial charge in [-0.05, 0) is 13.3 Å². The predicted octanol–water partition coefficient (Wildman–Crippen LogP) is 1.44. The summed E-state index contributed by atoms with van der Waals surface area (Å²) >= 11 is 0. The summed E-state index contributed by atoms with van der Waals surface area (Å²) in [7, 11) is 1.62. The SMILES string of the molecule is CCCOCCOCCOC(C)OC. The molecule has 1 unspecified atom stereocenters. The molecule has 4 nitrogen and oxygen atoms in total. The Bertz CT molecular complexity index is 108. The fourth-order valence-corrected chi connectivity index (χ4v) is 0.807. The average molecular weight is 206 g/mol. The van der Waals surface area contributed by atoms with Crippen LogP contribution in [0.5, 0.6) is 0 Å². The first kappa shape index (κ1) is 13.8. The zero-order valence-corrected chi connectivity index (χ0v) is 9.45. The molecule has 0 N–H and O–H groups in total. The molecule has 0 aromatic heterocycles. The lowest BCUT2D eigenvalue weighted by Crippen LogP contribution is -2.15. The molecule has 0 aliphatic rings. The van der Waals surface area contributed by atoms with Crippen molar-refractivity contribution in [2.24, 2.45) is 0 Å². The van der Waals surface area contributed by atoms with E-state index in [1.807, 2.05) is 6.92 Å². The molecule has 0 fully saturated rings. The van der Waals surface area contributed by atoms with E-state index in [-0.39, 0.29) is 6.29 Å². The first-order valence-corrected chi connectivity index (χ1v) is 5.11. The average Bonchev–Trinajstić information content (AvgIpc) is 2.21. The maximum absolute atomic E-state index is 5.27. The fourth-order valence-electron chi connectivity index (χ4n) is 0.807. The third-order valence-corrected chi connectivity index (χ3v) is 1.63. The van der Waals surface area contributed by atoms with Gasteiger partial charge < -0.3 is 18.9 Å². The lowest BCUT2D eigenvalue weighted by atomic mass is 10.5. The molecular formula is C10H22O4. The van der Waals surface area contributed by atoms with E-state index in [0.717, 1.165) is 13.0 Å². The molecule has 0 aromatic rings. The van der Waals surface area contributed by atoms with Crippen LogP contribution in [-0.4, -0.2) is 46.4 Å². The van der Waals surface area contributed by atoms with Crippen LogP contribution in [0.25, 0.3) is 0 Å². The van der Waals surface area contributed by atoms with Gasteiger partial charge in [-0.15, -0.1) is 0 Å². The van der Waals surface area contributed by atoms with Crippen molar-refractivity contribution in [3.63, 3.8) is 0 Å². The molecule has 0 rings (SSSR count). The molecule has 0 saturated carbocycles. The van der Waals surface area contributed by atoms with E-state index in [1.165, 1.54) is 0 Å². The highest BCUT2D eigenvalue weighted by Gasteiger charge is 1.97. The molecule has 0 heterocycles. The third-order valence-electron chi connectivity index (χ3n) is 1.63. The van der Waals surface area contributed by atoms with Crippen molar-refractivity contribution >= 4 is 0 Å². The lowest BCUT2D eigenvalue weighted by molar-refractivity contribution is -0.123. The van der Waals surface area contributed by atoms with Gasteiger partial charge in [-0.3, -0.25) is 0 Å². The molecule has 0 amide bonds. The maximum atomic E-state index is 5.27. The highest BCUT2D eigenvalue weighted by atomic mass is 16.7. The molecule has 1 atom stereocenters. The molecule has 0 aliphatic heterocycles. The van der Waals surface area contributed by atoms with Gasteiger partial charge in [-0.1, -0.05) is 6.92 Å². The standard InChI is InChI=1S/C10H22O4/c1-4-5-12-6-7-13-8-9-14-10(2)11-3/h10H,4-9H2,1-3H3. The summed E-state index contributed by atoms with van der Waals surface area (Å²) < 4.78 is 20.6. The third kappa shape index (κ3) is 9.92. The summed E-state index contributed by atoms with van der Waals surface area (Å²) in [6.45, 7) is 7.18. The summed E-state index contributed by atoms with van der Waals surface area (Å²) in [6.07, 6.45) is 0.893.